The molecule has 0 aromatic carbocycles. The van der Waals surface area contributed by atoms with E-state index in [1.54, 1.807) is 15.4 Å². The molecule has 0 aliphatic carbocycles. The summed E-state index contributed by atoms with van der Waals surface area (Å²) >= 11 is 0. The first-order valence-corrected chi connectivity index (χ1v) is 5.68. The van der Waals surface area contributed by atoms with Crippen LogP contribution in [0.15, 0.2) is 18.6 Å². The Morgan fingerprint density at radius 1 is 1.37 bits per heavy atom. The second-order valence-electron chi connectivity index (χ2n) is 4.06. The van der Waals surface area contributed by atoms with E-state index in [0.29, 0.717) is 29.5 Å². The first-order chi connectivity index (χ1) is 9.20. The van der Waals surface area contributed by atoms with Gasteiger partial charge in [0.1, 0.15) is 6.33 Å². The van der Waals surface area contributed by atoms with Gasteiger partial charge in [0.15, 0.2) is 11.2 Å². The Bertz CT molecular complexity index is 730. The predicted molar refractivity (Wildman–Crippen MR) is 68.6 cm³/mol. The lowest BCUT2D eigenvalue weighted by Gasteiger charge is -2.06. The Kier molecular flexibility index (Phi) is 2.55. The molecule has 19 heavy (non-hydrogen) atoms. The largest absolute Gasteiger partial charge is 0.479 e. The molecule has 0 unspecified atom stereocenters. The molecule has 3 aromatic rings. The van der Waals surface area contributed by atoms with E-state index in [1.165, 1.54) is 13.4 Å². The molecule has 0 saturated carbocycles. The number of rotatable bonds is 3. The highest BCUT2D eigenvalue weighted by Gasteiger charge is 2.15. The van der Waals surface area contributed by atoms with E-state index in [4.69, 9.17) is 10.5 Å². The zero-order chi connectivity index (χ0) is 13.4. The molecule has 0 fully saturated rings. The zero-order valence-corrected chi connectivity index (χ0v) is 10.6. The molecule has 0 aliphatic heterocycles. The number of anilines is 1. The molecule has 3 aromatic heterocycles. The van der Waals surface area contributed by atoms with Crippen LogP contribution in [-0.2, 0) is 13.6 Å². The number of nitrogen functional groups attached to an aromatic ring is 1. The van der Waals surface area contributed by atoms with Crippen molar-refractivity contribution in [1.29, 1.82) is 0 Å². The maximum absolute atomic E-state index is 5.94. The van der Waals surface area contributed by atoms with Crippen molar-refractivity contribution in [1.82, 2.24) is 29.3 Å². The molecular weight excluding hydrogens is 246 g/mol. The SMILES string of the molecule is COc1ncnc2c1nc(N)n2Cc1ccnn1C. The summed E-state index contributed by atoms with van der Waals surface area (Å²) in [4.78, 5) is 12.5. The van der Waals surface area contributed by atoms with Gasteiger partial charge in [-0.05, 0) is 6.07 Å². The van der Waals surface area contributed by atoms with Gasteiger partial charge in [0.25, 0.3) is 0 Å². The van der Waals surface area contributed by atoms with E-state index in [1.807, 2.05) is 13.1 Å². The van der Waals surface area contributed by atoms with Gasteiger partial charge in [0.2, 0.25) is 11.8 Å². The van der Waals surface area contributed by atoms with Crippen LogP contribution < -0.4 is 10.5 Å². The van der Waals surface area contributed by atoms with E-state index in [0.717, 1.165) is 5.69 Å². The summed E-state index contributed by atoms with van der Waals surface area (Å²) in [5.74, 6) is 0.787. The van der Waals surface area contributed by atoms with Gasteiger partial charge in [0, 0.05) is 13.2 Å². The normalized spacial score (nSPS) is 11.1. The van der Waals surface area contributed by atoms with Crippen LogP contribution in [0.4, 0.5) is 5.95 Å². The molecule has 0 amide bonds. The Hall–Kier alpha value is -2.64. The van der Waals surface area contributed by atoms with Gasteiger partial charge < -0.3 is 10.5 Å². The molecule has 8 nitrogen and oxygen atoms in total. The van der Waals surface area contributed by atoms with Gasteiger partial charge in [0.05, 0.1) is 19.3 Å². The number of hydrogen-bond donors (Lipinski definition) is 1. The Morgan fingerprint density at radius 2 is 2.21 bits per heavy atom. The fourth-order valence-electron chi connectivity index (χ4n) is 1.96. The Labute approximate surface area is 108 Å². The summed E-state index contributed by atoms with van der Waals surface area (Å²) in [6.07, 6.45) is 3.17. The lowest BCUT2D eigenvalue weighted by Crippen LogP contribution is -2.09. The lowest BCUT2D eigenvalue weighted by molar-refractivity contribution is 0.401. The van der Waals surface area contributed by atoms with Crippen LogP contribution in [0.1, 0.15) is 5.69 Å². The minimum atomic E-state index is 0.370. The molecule has 0 bridgehead atoms. The third-order valence-electron chi connectivity index (χ3n) is 2.96. The number of methoxy groups -OCH3 is 1. The average Bonchev–Trinajstić information content (AvgIpc) is 2.95. The van der Waals surface area contributed by atoms with E-state index in [9.17, 15) is 0 Å². The summed E-state index contributed by atoms with van der Waals surface area (Å²) in [7, 11) is 3.41. The van der Waals surface area contributed by atoms with E-state index in [2.05, 4.69) is 20.1 Å². The van der Waals surface area contributed by atoms with Gasteiger partial charge in [-0.2, -0.15) is 10.1 Å². The predicted octanol–water partition coefficient (Wildman–Crippen LogP) is 0.199. The van der Waals surface area contributed by atoms with Gasteiger partial charge in [-0.25, -0.2) is 9.97 Å². The minimum absolute atomic E-state index is 0.370. The Balaban J connectivity index is 2.13. The van der Waals surface area contributed by atoms with Crippen LogP contribution in [0, 0.1) is 0 Å². The summed E-state index contributed by atoms with van der Waals surface area (Å²) in [6, 6.07) is 1.92. The maximum Gasteiger partial charge on any atom is 0.245 e. The standard InChI is InChI=1S/C11H13N7O/c1-17-7(3-4-15-17)5-18-9-8(16-11(18)12)10(19-2)14-6-13-9/h3-4,6H,5H2,1-2H3,(H2,12,16). The number of imidazole rings is 1. The van der Waals surface area contributed by atoms with E-state index >= 15 is 0 Å². The number of aromatic nitrogens is 6. The summed E-state index contributed by atoms with van der Waals surface area (Å²) < 4.78 is 8.74. The van der Waals surface area contributed by atoms with Gasteiger partial charge in [-0.3, -0.25) is 9.25 Å². The fourth-order valence-corrected chi connectivity index (χ4v) is 1.96. The summed E-state index contributed by atoms with van der Waals surface area (Å²) in [6.45, 7) is 0.541. The molecular formula is C11H13N7O. The molecule has 98 valence electrons. The highest BCUT2D eigenvalue weighted by Crippen LogP contribution is 2.23. The van der Waals surface area contributed by atoms with Gasteiger partial charge in [-0.15, -0.1) is 0 Å². The molecule has 0 saturated heterocycles. The van der Waals surface area contributed by atoms with Crippen molar-refractivity contribution in [3.05, 3.63) is 24.3 Å². The molecule has 3 heterocycles. The van der Waals surface area contributed by atoms with Crippen LogP contribution >= 0.6 is 0 Å². The van der Waals surface area contributed by atoms with Crippen LogP contribution in [-0.4, -0.2) is 36.4 Å². The number of ether oxygens (including phenoxy) is 1. The molecule has 2 N–H and O–H groups in total. The van der Waals surface area contributed by atoms with Crippen LogP contribution in [0.3, 0.4) is 0 Å². The highest BCUT2D eigenvalue weighted by molar-refractivity contribution is 5.78. The van der Waals surface area contributed by atoms with Crippen LogP contribution in [0.5, 0.6) is 5.88 Å². The van der Waals surface area contributed by atoms with Crippen molar-refractivity contribution in [2.75, 3.05) is 12.8 Å². The highest BCUT2D eigenvalue weighted by atomic mass is 16.5. The lowest BCUT2D eigenvalue weighted by atomic mass is 10.4. The first kappa shape index (κ1) is 11.5. The number of nitrogens with zero attached hydrogens (tertiary/aromatic N) is 6. The zero-order valence-electron chi connectivity index (χ0n) is 10.6. The first-order valence-electron chi connectivity index (χ1n) is 5.68. The topological polar surface area (TPSA) is 96.7 Å². The van der Waals surface area contributed by atoms with Gasteiger partial charge >= 0.3 is 0 Å². The molecule has 0 spiro atoms. The van der Waals surface area contributed by atoms with Crippen molar-refractivity contribution >= 4 is 17.1 Å². The van der Waals surface area contributed by atoms with E-state index in [-0.39, 0.29) is 0 Å². The quantitative estimate of drug-likeness (QED) is 0.721. The van der Waals surface area contributed by atoms with E-state index < -0.39 is 0 Å². The number of fused-ring (bicyclic) bond motifs is 1. The smallest absolute Gasteiger partial charge is 0.245 e. The second kappa shape index (κ2) is 4.23. The summed E-state index contributed by atoms with van der Waals surface area (Å²) in [5.41, 5.74) is 8.15. The monoisotopic (exact) mass is 259 g/mol. The molecule has 0 radical (unpaired) electrons. The maximum atomic E-state index is 5.94. The van der Waals surface area contributed by atoms with Crippen LogP contribution in [0.25, 0.3) is 11.2 Å². The second-order valence-corrected chi connectivity index (χ2v) is 4.06. The third-order valence-corrected chi connectivity index (χ3v) is 2.96. The number of hydrogen-bond acceptors (Lipinski definition) is 6. The summed E-state index contributed by atoms with van der Waals surface area (Å²) in [5, 5.41) is 4.13. The van der Waals surface area contributed by atoms with Gasteiger partial charge in [-0.1, -0.05) is 0 Å². The van der Waals surface area contributed by atoms with Crippen molar-refractivity contribution in [2.45, 2.75) is 6.54 Å². The third kappa shape index (κ3) is 1.77. The molecule has 0 aliphatic rings. The van der Waals surface area contributed by atoms with Crippen molar-refractivity contribution < 1.29 is 4.74 Å². The van der Waals surface area contributed by atoms with Crippen molar-refractivity contribution in [2.24, 2.45) is 7.05 Å². The van der Waals surface area contributed by atoms with Crippen molar-refractivity contribution in [3.63, 3.8) is 0 Å². The molecule has 3 rings (SSSR count). The van der Waals surface area contributed by atoms with Crippen molar-refractivity contribution in [3.8, 4) is 5.88 Å². The number of aryl methyl sites for hydroxylation is 1. The molecule has 8 heteroatoms. The van der Waals surface area contributed by atoms with Crippen LogP contribution in [0.2, 0.25) is 0 Å². The fraction of sp³-hybridized carbons (Fsp3) is 0.273. The minimum Gasteiger partial charge on any atom is -0.479 e. The average molecular weight is 259 g/mol. The Morgan fingerprint density at radius 3 is 2.89 bits per heavy atom. The molecule has 0 atom stereocenters. The number of nitrogens with two attached hydrogens (primary N) is 1.